The third kappa shape index (κ3) is 6.97. The molecule has 0 aliphatic rings. The van der Waals surface area contributed by atoms with Crippen molar-refractivity contribution in [1.82, 2.24) is 10.2 Å². The van der Waals surface area contributed by atoms with Crippen LogP contribution in [0.4, 0.5) is 0 Å². The van der Waals surface area contributed by atoms with Crippen molar-refractivity contribution in [2.24, 2.45) is 11.5 Å². The molecule has 0 aromatic carbocycles. The summed E-state index contributed by atoms with van der Waals surface area (Å²) in [6.45, 7) is 0.290. The van der Waals surface area contributed by atoms with E-state index in [-0.39, 0.29) is 24.9 Å². The monoisotopic (exact) mass is 257 g/mol. The number of nitrogens with one attached hydrogen (secondary N) is 1. The van der Waals surface area contributed by atoms with Crippen molar-refractivity contribution in [3.05, 3.63) is 0 Å². The second-order valence-corrected chi connectivity index (χ2v) is 4.00. The summed E-state index contributed by atoms with van der Waals surface area (Å²) in [4.78, 5) is 34.2. The normalized spacial score (nSPS) is 11.7. The fourth-order valence-corrected chi connectivity index (χ4v) is 1.25. The van der Waals surface area contributed by atoms with Gasteiger partial charge in [0.2, 0.25) is 18.1 Å². The molecule has 0 spiro atoms. The number of unbranched alkanes of at least 4 members (excludes halogenated alkanes) is 1. The molecule has 7 heteroatoms. The van der Waals surface area contributed by atoms with Crippen LogP contribution in [0.25, 0.3) is 0 Å². The van der Waals surface area contributed by atoms with Gasteiger partial charge in [0.05, 0.1) is 19.1 Å². The van der Waals surface area contributed by atoms with Crippen LogP contribution in [0, 0.1) is 0 Å². The minimum absolute atomic E-state index is 0.114. The van der Waals surface area contributed by atoms with E-state index in [1.807, 2.05) is 0 Å². The van der Waals surface area contributed by atoms with Gasteiger partial charge in [-0.05, 0) is 19.4 Å². The van der Waals surface area contributed by atoms with Crippen molar-refractivity contribution in [3.8, 4) is 0 Å². The minimum Gasteiger partial charge on any atom is -0.346 e. The first-order valence-corrected chi connectivity index (χ1v) is 5.85. The van der Waals surface area contributed by atoms with Crippen molar-refractivity contribution in [3.63, 3.8) is 0 Å². The first kappa shape index (κ1) is 16.5. The van der Waals surface area contributed by atoms with Gasteiger partial charge >= 0.3 is 0 Å². The van der Waals surface area contributed by atoms with Gasteiger partial charge in [-0.3, -0.25) is 14.4 Å². The van der Waals surface area contributed by atoms with Crippen LogP contribution in [0.5, 0.6) is 0 Å². The van der Waals surface area contributed by atoms with Crippen molar-refractivity contribution in [2.75, 3.05) is 26.7 Å². The van der Waals surface area contributed by atoms with Gasteiger partial charge in [0.1, 0.15) is 0 Å². The van der Waals surface area contributed by atoms with Crippen LogP contribution >= 0.6 is 0 Å². The van der Waals surface area contributed by atoms with Crippen molar-refractivity contribution in [1.29, 1.82) is 0 Å². The van der Waals surface area contributed by atoms with E-state index in [1.54, 1.807) is 6.29 Å². The number of carbonyl (C=O) groups excluding carboxylic acids is 3. The minimum atomic E-state index is -0.632. The van der Waals surface area contributed by atoms with E-state index in [0.717, 1.165) is 12.8 Å². The van der Waals surface area contributed by atoms with E-state index in [2.05, 4.69) is 5.32 Å². The lowest BCUT2D eigenvalue weighted by Gasteiger charge is -2.15. The highest BCUT2D eigenvalue weighted by Gasteiger charge is 2.15. The van der Waals surface area contributed by atoms with E-state index in [0.29, 0.717) is 13.0 Å². The van der Waals surface area contributed by atoms with Gasteiger partial charge in [-0.2, -0.15) is 0 Å². The largest absolute Gasteiger partial charge is 0.346 e. The quantitative estimate of drug-likeness (QED) is 0.418. The molecular weight excluding hydrogens is 236 g/mol. The van der Waals surface area contributed by atoms with E-state index in [1.165, 1.54) is 11.9 Å². The van der Waals surface area contributed by atoms with Crippen LogP contribution in [0.1, 0.15) is 19.3 Å². The summed E-state index contributed by atoms with van der Waals surface area (Å²) in [6.07, 6.45) is 3.73. The van der Waals surface area contributed by atoms with Crippen LogP contribution < -0.4 is 16.8 Å². The first-order valence-electron chi connectivity index (χ1n) is 5.85. The molecule has 5 N–H and O–H groups in total. The standard InChI is InChI=1S/C11H21N4O3/c1-15(6-7-16)10(17)8-14-11(18)9(13)4-2-3-5-12/h9H,2-6,8,12-13H2,1H3,(H,14,18)/t9-/m0/s1. The van der Waals surface area contributed by atoms with Gasteiger partial charge < -0.3 is 21.7 Å². The van der Waals surface area contributed by atoms with Gasteiger partial charge in [-0.15, -0.1) is 0 Å². The molecule has 1 radical (unpaired) electrons. The first-order chi connectivity index (χ1) is 8.52. The van der Waals surface area contributed by atoms with Gasteiger partial charge in [0, 0.05) is 7.05 Å². The van der Waals surface area contributed by atoms with Crippen LogP contribution in [-0.2, 0) is 14.4 Å². The summed E-state index contributed by atoms with van der Waals surface area (Å²) in [5, 5.41) is 2.43. The second kappa shape index (κ2) is 9.55. The molecule has 0 saturated heterocycles. The number of nitrogens with zero attached hydrogens (tertiary/aromatic N) is 1. The Kier molecular flexibility index (Phi) is 8.77. The number of amides is 2. The summed E-state index contributed by atoms with van der Waals surface area (Å²) >= 11 is 0. The molecule has 0 aromatic rings. The number of likely N-dealkylation sites (N-methyl/N-ethyl adjacent to an activating group) is 1. The Morgan fingerprint density at radius 2 is 2.06 bits per heavy atom. The topological polar surface area (TPSA) is 119 Å². The highest BCUT2D eigenvalue weighted by Crippen LogP contribution is 1.97. The molecule has 0 rings (SSSR count). The fraction of sp³-hybridized carbons (Fsp3) is 0.727. The van der Waals surface area contributed by atoms with Crippen molar-refractivity contribution in [2.45, 2.75) is 25.3 Å². The van der Waals surface area contributed by atoms with Gasteiger partial charge in [0.15, 0.2) is 0 Å². The highest BCUT2D eigenvalue weighted by atomic mass is 16.2. The van der Waals surface area contributed by atoms with Crippen molar-refractivity contribution < 1.29 is 14.4 Å². The van der Waals surface area contributed by atoms with E-state index in [9.17, 15) is 14.4 Å². The molecule has 0 unspecified atom stereocenters. The summed E-state index contributed by atoms with van der Waals surface area (Å²) < 4.78 is 0. The molecule has 0 aromatic heterocycles. The Balaban J connectivity index is 3.87. The number of nitrogens with two attached hydrogens (primary N) is 2. The number of hydrogen-bond acceptors (Lipinski definition) is 5. The fourth-order valence-electron chi connectivity index (χ4n) is 1.25. The molecule has 2 amide bonds. The Morgan fingerprint density at radius 3 is 2.61 bits per heavy atom. The SMILES string of the molecule is CN(C[C]=O)C(=O)CNC(=O)[C@@H](N)CCCCN. The lowest BCUT2D eigenvalue weighted by molar-refractivity contribution is -0.131. The van der Waals surface area contributed by atoms with Crippen LogP contribution in [0.3, 0.4) is 0 Å². The molecule has 1 atom stereocenters. The lowest BCUT2D eigenvalue weighted by atomic mass is 10.1. The third-order valence-corrected chi connectivity index (χ3v) is 2.45. The maximum Gasteiger partial charge on any atom is 0.242 e. The average Bonchev–Trinajstić information content (AvgIpc) is 2.35. The second-order valence-electron chi connectivity index (χ2n) is 4.00. The van der Waals surface area contributed by atoms with Crippen LogP contribution in [-0.4, -0.2) is 55.7 Å². The van der Waals surface area contributed by atoms with Gasteiger partial charge in [0.25, 0.3) is 0 Å². The number of rotatable bonds is 9. The molecule has 0 heterocycles. The highest BCUT2D eigenvalue weighted by molar-refractivity contribution is 5.87. The van der Waals surface area contributed by atoms with Crippen LogP contribution in [0.2, 0.25) is 0 Å². The maximum absolute atomic E-state index is 11.5. The molecule has 0 aliphatic heterocycles. The van der Waals surface area contributed by atoms with E-state index < -0.39 is 6.04 Å². The molecular formula is C11H21N4O3. The smallest absolute Gasteiger partial charge is 0.242 e. The van der Waals surface area contributed by atoms with E-state index >= 15 is 0 Å². The summed E-state index contributed by atoms with van der Waals surface area (Å²) in [6, 6.07) is -0.632. The Morgan fingerprint density at radius 1 is 1.39 bits per heavy atom. The summed E-state index contributed by atoms with van der Waals surface area (Å²) in [7, 11) is 1.46. The molecule has 0 fully saturated rings. The van der Waals surface area contributed by atoms with Crippen LogP contribution in [0.15, 0.2) is 0 Å². The van der Waals surface area contributed by atoms with Crippen molar-refractivity contribution >= 4 is 18.1 Å². The van der Waals surface area contributed by atoms with Gasteiger partial charge in [-0.25, -0.2) is 0 Å². The molecule has 18 heavy (non-hydrogen) atoms. The average molecular weight is 257 g/mol. The molecule has 0 saturated carbocycles. The maximum atomic E-state index is 11.5. The van der Waals surface area contributed by atoms with E-state index in [4.69, 9.17) is 11.5 Å². The Bertz CT molecular complexity index is 283. The zero-order valence-corrected chi connectivity index (χ0v) is 10.6. The zero-order valence-electron chi connectivity index (χ0n) is 10.6. The molecule has 0 bridgehead atoms. The Hall–Kier alpha value is -1.47. The molecule has 0 aliphatic carbocycles. The Labute approximate surface area is 107 Å². The number of carbonyl (C=O) groups is 2. The zero-order chi connectivity index (χ0) is 14.0. The lowest BCUT2D eigenvalue weighted by Crippen LogP contribution is -2.45. The number of hydrogen-bond donors (Lipinski definition) is 3. The summed E-state index contributed by atoms with van der Waals surface area (Å²) in [5.41, 5.74) is 11.0. The van der Waals surface area contributed by atoms with Gasteiger partial charge in [-0.1, -0.05) is 6.42 Å². The molecule has 7 nitrogen and oxygen atoms in total. The predicted octanol–water partition coefficient (Wildman–Crippen LogP) is -1.87. The third-order valence-electron chi connectivity index (χ3n) is 2.45. The molecule has 103 valence electrons. The predicted molar refractivity (Wildman–Crippen MR) is 67.2 cm³/mol. The summed E-state index contributed by atoms with van der Waals surface area (Å²) in [5.74, 6) is -0.732.